The lowest BCUT2D eigenvalue weighted by molar-refractivity contribution is 0.201. The lowest BCUT2D eigenvalue weighted by Crippen LogP contribution is -2.42. The number of aromatic amines is 1. The summed E-state index contributed by atoms with van der Waals surface area (Å²) in [6, 6.07) is 7.77. The molecule has 0 bridgehead atoms. The van der Waals surface area contributed by atoms with Gasteiger partial charge in [0, 0.05) is 31.3 Å². The maximum Gasteiger partial charge on any atom is 0.253 e. The highest BCUT2D eigenvalue weighted by Crippen LogP contribution is 2.14. The molecule has 0 aliphatic rings. The van der Waals surface area contributed by atoms with Crippen molar-refractivity contribution in [3.8, 4) is 0 Å². The smallest absolute Gasteiger partial charge is 0.253 e. The number of aliphatic hydroxyl groups excluding tert-OH is 1. The first-order valence-corrected chi connectivity index (χ1v) is 8.21. The zero-order valence-corrected chi connectivity index (χ0v) is 14.8. The van der Waals surface area contributed by atoms with E-state index in [9.17, 15) is 9.90 Å². The van der Waals surface area contributed by atoms with Crippen molar-refractivity contribution in [2.45, 2.75) is 13.5 Å². The van der Waals surface area contributed by atoms with E-state index >= 15 is 0 Å². The zero-order valence-electron chi connectivity index (χ0n) is 14.0. The fourth-order valence-electron chi connectivity index (χ4n) is 2.44. The largest absolute Gasteiger partial charge is 0.395 e. The van der Waals surface area contributed by atoms with Gasteiger partial charge in [0.15, 0.2) is 5.11 Å². The van der Waals surface area contributed by atoms with Crippen LogP contribution in [-0.2, 0) is 11.3 Å². The van der Waals surface area contributed by atoms with Crippen LogP contribution in [0.1, 0.15) is 11.1 Å². The Morgan fingerprint density at radius 2 is 2.21 bits per heavy atom. The fraction of sp³-hybridized carbons (Fsp3) is 0.412. The van der Waals surface area contributed by atoms with E-state index in [1.54, 1.807) is 12.0 Å². The molecule has 1 aromatic heterocycles. The summed E-state index contributed by atoms with van der Waals surface area (Å²) < 4.78 is 4.98. The SMILES string of the molecule is COCCNC(=S)N(CCO)Cc1cc2cc(C)ccc2[nH]c1=O. The quantitative estimate of drug-likeness (QED) is 0.514. The molecule has 24 heavy (non-hydrogen) atoms. The molecule has 0 saturated carbocycles. The van der Waals surface area contributed by atoms with Gasteiger partial charge in [-0.2, -0.15) is 0 Å². The van der Waals surface area contributed by atoms with Crippen molar-refractivity contribution in [2.24, 2.45) is 0 Å². The van der Waals surface area contributed by atoms with Crippen molar-refractivity contribution in [3.05, 3.63) is 45.7 Å². The van der Waals surface area contributed by atoms with Gasteiger partial charge in [-0.1, -0.05) is 11.6 Å². The molecule has 130 valence electrons. The Morgan fingerprint density at radius 3 is 2.92 bits per heavy atom. The Labute approximate surface area is 146 Å². The van der Waals surface area contributed by atoms with Crippen LogP contribution in [0.25, 0.3) is 10.9 Å². The molecule has 1 aromatic carbocycles. The van der Waals surface area contributed by atoms with Gasteiger partial charge in [0.25, 0.3) is 5.56 Å². The lowest BCUT2D eigenvalue weighted by Gasteiger charge is -2.25. The molecule has 0 fully saturated rings. The molecule has 0 spiro atoms. The maximum atomic E-state index is 12.3. The second-order valence-corrected chi connectivity index (χ2v) is 5.97. The Bertz CT molecular complexity index is 760. The summed E-state index contributed by atoms with van der Waals surface area (Å²) in [4.78, 5) is 17.0. The third kappa shape index (κ3) is 4.77. The summed E-state index contributed by atoms with van der Waals surface area (Å²) in [6.07, 6.45) is 0. The van der Waals surface area contributed by atoms with Crippen LogP contribution in [0.5, 0.6) is 0 Å². The van der Waals surface area contributed by atoms with Crippen molar-refractivity contribution in [2.75, 3.05) is 33.4 Å². The van der Waals surface area contributed by atoms with Gasteiger partial charge in [0.05, 0.1) is 19.8 Å². The van der Waals surface area contributed by atoms with Crippen molar-refractivity contribution in [1.29, 1.82) is 0 Å². The highest BCUT2D eigenvalue weighted by Gasteiger charge is 2.12. The van der Waals surface area contributed by atoms with E-state index in [2.05, 4.69) is 10.3 Å². The number of rotatable bonds is 7. The standard InChI is InChI=1S/C17H23N3O3S/c1-12-3-4-15-13(9-12)10-14(16(22)19-15)11-20(6-7-21)17(24)18-5-8-23-2/h3-4,9-10,21H,5-8,11H2,1-2H3,(H,18,24)(H,19,22). The topological polar surface area (TPSA) is 77.6 Å². The third-order valence-corrected chi connectivity index (χ3v) is 4.08. The van der Waals surface area contributed by atoms with Gasteiger partial charge in [-0.25, -0.2) is 0 Å². The number of pyridine rings is 1. The van der Waals surface area contributed by atoms with E-state index in [1.807, 2.05) is 31.2 Å². The number of hydrogen-bond donors (Lipinski definition) is 3. The first kappa shape index (κ1) is 18.4. The van der Waals surface area contributed by atoms with E-state index in [1.165, 1.54) is 0 Å². The van der Waals surface area contributed by atoms with Crippen molar-refractivity contribution in [1.82, 2.24) is 15.2 Å². The number of ether oxygens (including phenoxy) is 1. The number of hydrogen-bond acceptors (Lipinski definition) is 4. The van der Waals surface area contributed by atoms with Crippen LogP contribution < -0.4 is 10.9 Å². The molecule has 2 rings (SSSR count). The minimum Gasteiger partial charge on any atom is -0.395 e. The summed E-state index contributed by atoms with van der Waals surface area (Å²) in [7, 11) is 1.62. The Kier molecular flexibility index (Phi) is 6.72. The summed E-state index contributed by atoms with van der Waals surface area (Å²) in [5, 5.41) is 13.8. The Morgan fingerprint density at radius 1 is 1.42 bits per heavy atom. The highest BCUT2D eigenvalue weighted by atomic mass is 32.1. The first-order chi connectivity index (χ1) is 11.5. The molecule has 0 aliphatic carbocycles. The molecule has 0 unspecified atom stereocenters. The summed E-state index contributed by atoms with van der Waals surface area (Å²) in [5.41, 5.74) is 2.40. The molecule has 1 heterocycles. The highest BCUT2D eigenvalue weighted by molar-refractivity contribution is 7.80. The molecule has 2 aromatic rings. The van der Waals surface area contributed by atoms with Gasteiger partial charge in [-0.3, -0.25) is 4.79 Å². The molecule has 6 nitrogen and oxygen atoms in total. The number of benzene rings is 1. The monoisotopic (exact) mass is 349 g/mol. The second kappa shape index (κ2) is 8.77. The van der Waals surface area contributed by atoms with Crippen molar-refractivity contribution >= 4 is 28.2 Å². The third-order valence-electron chi connectivity index (χ3n) is 3.68. The van der Waals surface area contributed by atoms with E-state index in [0.29, 0.717) is 36.9 Å². The van der Waals surface area contributed by atoms with E-state index in [0.717, 1.165) is 16.5 Å². The average Bonchev–Trinajstić information content (AvgIpc) is 2.55. The Balaban J connectivity index is 2.21. The number of aliphatic hydroxyl groups is 1. The summed E-state index contributed by atoms with van der Waals surface area (Å²) >= 11 is 5.35. The Hall–Kier alpha value is -1.96. The number of aromatic nitrogens is 1. The molecule has 0 radical (unpaired) electrons. The van der Waals surface area contributed by atoms with Crippen LogP contribution in [0.4, 0.5) is 0 Å². The van der Waals surface area contributed by atoms with Crippen LogP contribution in [0, 0.1) is 6.92 Å². The van der Waals surface area contributed by atoms with Crippen LogP contribution in [-0.4, -0.2) is 53.5 Å². The maximum absolute atomic E-state index is 12.3. The first-order valence-electron chi connectivity index (χ1n) is 7.80. The zero-order chi connectivity index (χ0) is 17.5. The van der Waals surface area contributed by atoms with Gasteiger partial charge in [-0.05, 0) is 42.7 Å². The number of aryl methyl sites for hydroxylation is 1. The molecular formula is C17H23N3O3S. The number of methoxy groups -OCH3 is 1. The molecule has 0 amide bonds. The van der Waals surface area contributed by atoms with E-state index < -0.39 is 0 Å². The van der Waals surface area contributed by atoms with Crippen LogP contribution in [0.3, 0.4) is 0 Å². The molecule has 3 N–H and O–H groups in total. The van der Waals surface area contributed by atoms with E-state index in [4.69, 9.17) is 17.0 Å². The van der Waals surface area contributed by atoms with Gasteiger partial charge in [-0.15, -0.1) is 0 Å². The van der Waals surface area contributed by atoms with Crippen LogP contribution in [0.15, 0.2) is 29.1 Å². The molecule has 0 saturated heterocycles. The van der Waals surface area contributed by atoms with Crippen molar-refractivity contribution < 1.29 is 9.84 Å². The molecular weight excluding hydrogens is 326 g/mol. The van der Waals surface area contributed by atoms with Gasteiger partial charge in [0.1, 0.15) is 0 Å². The number of nitrogens with one attached hydrogen (secondary N) is 2. The number of H-pyrrole nitrogens is 1. The predicted octanol–water partition coefficient (Wildman–Crippen LogP) is 1.15. The predicted molar refractivity (Wildman–Crippen MR) is 99.3 cm³/mol. The average molecular weight is 349 g/mol. The number of nitrogens with zero attached hydrogens (tertiary/aromatic N) is 1. The van der Waals surface area contributed by atoms with Gasteiger partial charge in [0.2, 0.25) is 0 Å². The van der Waals surface area contributed by atoms with Crippen LogP contribution >= 0.6 is 12.2 Å². The lowest BCUT2D eigenvalue weighted by atomic mass is 10.1. The molecule has 0 atom stereocenters. The van der Waals surface area contributed by atoms with Crippen molar-refractivity contribution in [3.63, 3.8) is 0 Å². The second-order valence-electron chi connectivity index (χ2n) is 5.58. The fourth-order valence-corrected chi connectivity index (χ4v) is 2.70. The molecule has 0 aliphatic heterocycles. The number of fused-ring (bicyclic) bond motifs is 1. The summed E-state index contributed by atoms with van der Waals surface area (Å²) in [5.74, 6) is 0. The number of thiocarbonyl (C=S) groups is 1. The van der Waals surface area contributed by atoms with Gasteiger partial charge < -0.3 is 25.0 Å². The summed E-state index contributed by atoms with van der Waals surface area (Å²) in [6.45, 7) is 3.75. The van der Waals surface area contributed by atoms with Gasteiger partial charge >= 0.3 is 0 Å². The minimum absolute atomic E-state index is 0.0449. The van der Waals surface area contributed by atoms with Crippen LogP contribution in [0.2, 0.25) is 0 Å². The normalized spacial score (nSPS) is 10.8. The minimum atomic E-state index is -0.144. The molecule has 7 heteroatoms. The van der Waals surface area contributed by atoms with E-state index in [-0.39, 0.29) is 12.2 Å².